The first-order valence-corrected chi connectivity index (χ1v) is 6.86. The molecule has 0 aliphatic carbocycles. The van der Waals surface area contributed by atoms with E-state index in [2.05, 4.69) is 18.8 Å². The molecule has 0 radical (unpaired) electrons. The summed E-state index contributed by atoms with van der Waals surface area (Å²) in [6, 6.07) is 5.77. The molecule has 4 heteroatoms. The van der Waals surface area contributed by atoms with Crippen molar-refractivity contribution in [2.75, 3.05) is 13.1 Å². The summed E-state index contributed by atoms with van der Waals surface area (Å²) >= 11 is 0. The molecule has 2 aromatic heterocycles. The first-order valence-electron chi connectivity index (χ1n) is 6.86. The Morgan fingerprint density at radius 3 is 2.74 bits per heavy atom. The number of carbonyl (C=O) groups excluding carboxylic acids is 1. The standard InChI is InChI=1S/C15H19N3O/c1-11-7-12(2)10-17(9-11)15(19)13-8-16-14-5-3-4-6-18(13)14/h3-6,8,11-12H,7,9-10H2,1-2H3. The van der Waals surface area contributed by atoms with E-state index in [9.17, 15) is 4.79 Å². The van der Waals surface area contributed by atoms with Gasteiger partial charge >= 0.3 is 0 Å². The van der Waals surface area contributed by atoms with Crippen molar-refractivity contribution in [2.45, 2.75) is 20.3 Å². The van der Waals surface area contributed by atoms with E-state index >= 15 is 0 Å². The van der Waals surface area contributed by atoms with Crippen molar-refractivity contribution in [2.24, 2.45) is 11.8 Å². The van der Waals surface area contributed by atoms with Gasteiger partial charge < -0.3 is 4.90 Å². The van der Waals surface area contributed by atoms with Crippen LogP contribution in [0.15, 0.2) is 30.6 Å². The number of carbonyl (C=O) groups is 1. The number of imidazole rings is 1. The van der Waals surface area contributed by atoms with Crippen LogP contribution in [-0.4, -0.2) is 33.3 Å². The van der Waals surface area contributed by atoms with E-state index in [1.165, 1.54) is 6.42 Å². The molecule has 0 spiro atoms. The zero-order chi connectivity index (χ0) is 13.4. The normalized spacial score (nSPS) is 23.8. The van der Waals surface area contributed by atoms with Crippen molar-refractivity contribution in [3.8, 4) is 0 Å². The molecule has 1 saturated heterocycles. The average Bonchev–Trinajstić information content (AvgIpc) is 2.80. The van der Waals surface area contributed by atoms with Gasteiger partial charge in [0, 0.05) is 19.3 Å². The van der Waals surface area contributed by atoms with Crippen LogP contribution in [0.25, 0.3) is 5.65 Å². The largest absolute Gasteiger partial charge is 0.337 e. The second-order valence-corrected chi connectivity index (χ2v) is 5.73. The maximum atomic E-state index is 12.6. The quantitative estimate of drug-likeness (QED) is 0.787. The number of piperidine rings is 1. The minimum atomic E-state index is 0.0945. The van der Waals surface area contributed by atoms with Crippen molar-refractivity contribution in [3.63, 3.8) is 0 Å². The highest BCUT2D eigenvalue weighted by molar-refractivity contribution is 5.93. The summed E-state index contributed by atoms with van der Waals surface area (Å²) in [6.07, 6.45) is 4.78. The Kier molecular flexibility index (Phi) is 3.01. The van der Waals surface area contributed by atoms with E-state index in [1.54, 1.807) is 6.20 Å². The number of amides is 1. The van der Waals surface area contributed by atoms with E-state index in [0.29, 0.717) is 17.5 Å². The molecule has 2 atom stereocenters. The van der Waals surface area contributed by atoms with Crippen LogP contribution >= 0.6 is 0 Å². The van der Waals surface area contributed by atoms with Gasteiger partial charge in [0.2, 0.25) is 0 Å². The highest BCUT2D eigenvalue weighted by Crippen LogP contribution is 2.22. The number of nitrogens with zero attached hydrogens (tertiary/aromatic N) is 3. The summed E-state index contributed by atoms with van der Waals surface area (Å²) in [4.78, 5) is 18.9. The minimum Gasteiger partial charge on any atom is -0.337 e. The van der Waals surface area contributed by atoms with Gasteiger partial charge in [0.25, 0.3) is 5.91 Å². The fraction of sp³-hybridized carbons (Fsp3) is 0.467. The van der Waals surface area contributed by atoms with Gasteiger partial charge in [-0.2, -0.15) is 0 Å². The monoisotopic (exact) mass is 257 g/mol. The van der Waals surface area contributed by atoms with Crippen molar-refractivity contribution in [1.82, 2.24) is 14.3 Å². The van der Waals surface area contributed by atoms with E-state index in [-0.39, 0.29) is 5.91 Å². The number of pyridine rings is 1. The van der Waals surface area contributed by atoms with Crippen molar-refractivity contribution >= 4 is 11.6 Å². The SMILES string of the molecule is CC1CC(C)CN(C(=O)c2cnc3ccccn23)C1. The van der Waals surface area contributed by atoms with Gasteiger partial charge in [-0.3, -0.25) is 9.20 Å². The fourth-order valence-corrected chi connectivity index (χ4v) is 3.08. The maximum Gasteiger partial charge on any atom is 0.272 e. The summed E-state index contributed by atoms with van der Waals surface area (Å²) in [5.41, 5.74) is 1.49. The summed E-state index contributed by atoms with van der Waals surface area (Å²) < 4.78 is 1.87. The summed E-state index contributed by atoms with van der Waals surface area (Å²) in [5, 5.41) is 0. The van der Waals surface area contributed by atoms with E-state index in [4.69, 9.17) is 0 Å². The van der Waals surface area contributed by atoms with Crippen LogP contribution < -0.4 is 0 Å². The molecule has 4 nitrogen and oxygen atoms in total. The van der Waals surface area contributed by atoms with Crippen LogP contribution in [-0.2, 0) is 0 Å². The number of rotatable bonds is 1. The lowest BCUT2D eigenvalue weighted by atomic mass is 9.92. The Bertz CT molecular complexity index is 594. The van der Waals surface area contributed by atoms with Gasteiger partial charge in [-0.05, 0) is 30.4 Å². The average molecular weight is 257 g/mol. The Hall–Kier alpha value is -1.84. The lowest BCUT2D eigenvalue weighted by molar-refractivity contribution is 0.0616. The fourth-order valence-electron chi connectivity index (χ4n) is 3.08. The molecule has 1 amide bonds. The summed E-state index contributed by atoms with van der Waals surface area (Å²) in [5.74, 6) is 1.25. The molecule has 0 bridgehead atoms. The second kappa shape index (κ2) is 4.68. The van der Waals surface area contributed by atoms with Gasteiger partial charge in [0.05, 0.1) is 6.20 Å². The Balaban J connectivity index is 1.91. The number of aromatic nitrogens is 2. The molecule has 2 unspecified atom stereocenters. The molecule has 3 rings (SSSR count). The minimum absolute atomic E-state index is 0.0945. The van der Waals surface area contributed by atoms with Gasteiger partial charge in [0.1, 0.15) is 11.3 Å². The molecule has 1 aliphatic rings. The van der Waals surface area contributed by atoms with Crippen LogP contribution in [0.3, 0.4) is 0 Å². The zero-order valence-corrected chi connectivity index (χ0v) is 11.4. The van der Waals surface area contributed by atoms with Gasteiger partial charge in [0.15, 0.2) is 0 Å². The molecular weight excluding hydrogens is 238 g/mol. The molecule has 1 aliphatic heterocycles. The first-order chi connectivity index (χ1) is 9.15. The van der Waals surface area contributed by atoms with Crippen molar-refractivity contribution < 1.29 is 4.79 Å². The third kappa shape index (κ3) is 2.23. The van der Waals surface area contributed by atoms with Crippen LogP contribution in [0.2, 0.25) is 0 Å². The van der Waals surface area contributed by atoms with Gasteiger partial charge in [-0.15, -0.1) is 0 Å². The molecule has 0 saturated carbocycles. The lowest BCUT2D eigenvalue weighted by Gasteiger charge is -2.34. The molecule has 0 aromatic carbocycles. The third-order valence-electron chi connectivity index (χ3n) is 3.79. The Labute approximate surface area is 113 Å². The second-order valence-electron chi connectivity index (χ2n) is 5.73. The smallest absolute Gasteiger partial charge is 0.272 e. The molecule has 3 heterocycles. The van der Waals surface area contributed by atoms with Gasteiger partial charge in [-0.1, -0.05) is 19.9 Å². The van der Waals surface area contributed by atoms with E-state index in [1.807, 2.05) is 33.7 Å². The predicted octanol–water partition coefficient (Wildman–Crippen LogP) is 2.45. The van der Waals surface area contributed by atoms with Crippen LogP contribution in [0.1, 0.15) is 30.8 Å². The maximum absolute atomic E-state index is 12.6. The first kappa shape index (κ1) is 12.2. The van der Waals surface area contributed by atoms with Crippen LogP contribution in [0, 0.1) is 11.8 Å². The van der Waals surface area contributed by atoms with Crippen LogP contribution in [0.5, 0.6) is 0 Å². The molecule has 0 N–H and O–H groups in total. The predicted molar refractivity (Wildman–Crippen MR) is 74.0 cm³/mol. The highest BCUT2D eigenvalue weighted by atomic mass is 16.2. The van der Waals surface area contributed by atoms with Crippen molar-refractivity contribution in [1.29, 1.82) is 0 Å². The summed E-state index contributed by atoms with van der Waals surface area (Å²) in [7, 11) is 0. The number of likely N-dealkylation sites (tertiary alicyclic amines) is 1. The molecule has 2 aromatic rings. The summed E-state index contributed by atoms with van der Waals surface area (Å²) in [6.45, 7) is 6.13. The molecular formula is C15H19N3O. The number of hydrogen-bond acceptors (Lipinski definition) is 2. The lowest BCUT2D eigenvalue weighted by Crippen LogP contribution is -2.42. The number of hydrogen-bond donors (Lipinski definition) is 0. The van der Waals surface area contributed by atoms with E-state index < -0.39 is 0 Å². The molecule has 100 valence electrons. The molecule has 1 fully saturated rings. The van der Waals surface area contributed by atoms with Crippen molar-refractivity contribution in [3.05, 3.63) is 36.3 Å². The van der Waals surface area contributed by atoms with Crippen LogP contribution in [0.4, 0.5) is 0 Å². The number of fused-ring (bicyclic) bond motifs is 1. The topological polar surface area (TPSA) is 37.6 Å². The third-order valence-corrected chi connectivity index (χ3v) is 3.79. The Morgan fingerprint density at radius 2 is 2.00 bits per heavy atom. The zero-order valence-electron chi connectivity index (χ0n) is 11.4. The van der Waals surface area contributed by atoms with E-state index in [0.717, 1.165) is 18.7 Å². The Morgan fingerprint density at radius 1 is 1.26 bits per heavy atom. The highest BCUT2D eigenvalue weighted by Gasteiger charge is 2.27. The molecule has 19 heavy (non-hydrogen) atoms. The van der Waals surface area contributed by atoms with Gasteiger partial charge in [-0.25, -0.2) is 4.98 Å².